The Hall–Kier alpha value is -2.57. The number of hydrogen-bond donors (Lipinski definition) is 3. The van der Waals surface area contributed by atoms with Crippen LogP contribution in [-0.4, -0.2) is 36.5 Å². The van der Waals surface area contributed by atoms with Crippen LogP contribution in [0.1, 0.15) is 36.0 Å². The third kappa shape index (κ3) is 4.98. The lowest BCUT2D eigenvalue weighted by atomic mass is 10.1. The smallest absolute Gasteiger partial charge is 0.337 e. The van der Waals surface area contributed by atoms with Crippen molar-refractivity contribution in [2.45, 2.75) is 25.7 Å². The maximum absolute atomic E-state index is 11.9. The van der Waals surface area contributed by atoms with Crippen LogP contribution in [0.3, 0.4) is 0 Å². The molecular weight excluding hydrogens is 300 g/mol. The number of carboxylic acids is 1. The van der Waals surface area contributed by atoms with E-state index >= 15 is 0 Å². The van der Waals surface area contributed by atoms with Gasteiger partial charge in [-0.15, -0.1) is 0 Å². The highest BCUT2D eigenvalue weighted by Crippen LogP contribution is 2.28. The van der Waals surface area contributed by atoms with Gasteiger partial charge in [0.2, 0.25) is 11.8 Å². The van der Waals surface area contributed by atoms with Gasteiger partial charge in [0, 0.05) is 18.9 Å². The third-order valence-electron chi connectivity index (χ3n) is 3.56. The molecule has 0 aliphatic heterocycles. The number of carbonyl (C=O) groups excluding carboxylic acids is 2. The second-order valence-corrected chi connectivity index (χ2v) is 5.43. The Morgan fingerprint density at radius 2 is 2.04 bits per heavy atom. The summed E-state index contributed by atoms with van der Waals surface area (Å²) in [6.45, 7) is 0.442. The zero-order valence-corrected chi connectivity index (χ0v) is 12.9. The Bertz CT molecular complexity index is 610. The van der Waals surface area contributed by atoms with E-state index in [0.717, 1.165) is 12.8 Å². The molecule has 7 heteroatoms. The van der Waals surface area contributed by atoms with Crippen molar-refractivity contribution in [3.63, 3.8) is 0 Å². The van der Waals surface area contributed by atoms with Crippen LogP contribution in [0.15, 0.2) is 18.2 Å². The number of benzene rings is 1. The van der Waals surface area contributed by atoms with E-state index in [0.29, 0.717) is 18.7 Å². The van der Waals surface area contributed by atoms with Crippen molar-refractivity contribution >= 4 is 23.5 Å². The summed E-state index contributed by atoms with van der Waals surface area (Å²) in [6.07, 6.45) is 2.60. The summed E-state index contributed by atoms with van der Waals surface area (Å²) < 4.78 is 4.97. The molecule has 1 fully saturated rings. The molecule has 2 rings (SSSR count). The molecule has 0 heterocycles. The molecule has 0 bridgehead atoms. The lowest BCUT2D eigenvalue weighted by Crippen LogP contribution is -2.26. The molecule has 3 N–H and O–H groups in total. The Morgan fingerprint density at radius 3 is 2.65 bits per heavy atom. The normalized spacial score (nSPS) is 13.3. The van der Waals surface area contributed by atoms with Gasteiger partial charge in [0.15, 0.2) is 0 Å². The number of ether oxygens (including phenoxy) is 1. The van der Waals surface area contributed by atoms with Crippen molar-refractivity contribution in [3.8, 4) is 5.75 Å². The molecule has 1 aromatic rings. The fourth-order valence-corrected chi connectivity index (χ4v) is 2.10. The summed E-state index contributed by atoms with van der Waals surface area (Å²) in [6, 6.07) is 4.43. The number of aromatic carboxylic acids is 1. The van der Waals surface area contributed by atoms with Crippen LogP contribution >= 0.6 is 0 Å². The number of hydrogen-bond acceptors (Lipinski definition) is 4. The summed E-state index contributed by atoms with van der Waals surface area (Å²) in [5.74, 6) is -0.826. The van der Waals surface area contributed by atoms with Crippen LogP contribution < -0.4 is 15.4 Å². The van der Waals surface area contributed by atoms with Gasteiger partial charge in [0.05, 0.1) is 18.4 Å². The van der Waals surface area contributed by atoms with Crippen LogP contribution in [0.5, 0.6) is 5.75 Å². The molecule has 1 saturated carbocycles. The van der Waals surface area contributed by atoms with Gasteiger partial charge in [-0.25, -0.2) is 4.79 Å². The first-order chi connectivity index (χ1) is 11.0. The topological polar surface area (TPSA) is 105 Å². The predicted molar refractivity (Wildman–Crippen MR) is 83.6 cm³/mol. The number of amides is 2. The van der Waals surface area contributed by atoms with Gasteiger partial charge < -0.3 is 20.5 Å². The highest BCUT2D eigenvalue weighted by molar-refractivity contribution is 6.00. The van der Waals surface area contributed by atoms with E-state index < -0.39 is 5.97 Å². The lowest BCUT2D eigenvalue weighted by Gasteiger charge is -2.10. The number of rotatable bonds is 8. The quantitative estimate of drug-likeness (QED) is 0.632. The van der Waals surface area contributed by atoms with Crippen molar-refractivity contribution in [1.29, 1.82) is 0 Å². The van der Waals surface area contributed by atoms with E-state index in [1.165, 1.54) is 19.2 Å². The maximum atomic E-state index is 11.9. The van der Waals surface area contributed by atoms with Gasteiger partial charge in [-0.2, -0.15) is 0 Å². The monoisotopic (exact) mass is 320 g/mol. The second-order valence-electron chi connectivity index (χ2n) is 5.43. The molecule has 1 aliphatic carbocycles. The summed E-state index contributed by atoms with van der Waals surface area (Å²) in [7, 11) is 1.44. The van der Waals surface area contributed by atoms with E-state index in [-0.39, 0.29) is 35.4 Å². The molecule has 0 unspecified atom stereocenters. The standard InChI is InChI=1S/C16H20N2O5/c1-23-11-6-7-13(12(9-11)16(21)22)18-14(19)3-2-8-17-15(20)10-4-5-10/h6-7,9-10H,2-5,8H2,1H3,(H,17,20)(H,18,19)(H,21,22). The van der Waals surface area contributed by atoms with Crippen LogP contribution in [0, 0.1) is 5.92 Å². The average Bonchev–Trinajstić information content (AvgIpc) is 3.36. The lowest BCUT2D eigenvalue weighted by molar-refractivity contribution is -0.122. The molecule has 0 spiro atoms. The van der Waals surface area contributed by atoms with Crippen molar-refractivity contribution < 1.29 is 24.2 Å². The van der Waals surface area contributed by atoms with Gasteiger partial charge in [-0.1, -0.05) is 0 Å². The van der Waals surface area contributed by atoms with E-state index in [9.17, 15) is 19.5 Å². The first-order valence-electron chi connectivity index (χ1n) is 7.50. The van der Waals surface area contributed by atoms with Crippen LogP contribution in [0.4, 0.5) is 5.69 Å². The number of anilines is 1. The first-order valence-corrected chi connectivity index (χ1v) is 7.50. The van der Waals surface area contributed by atoms with Gasteiger partial charge in [-0.05, 0) is 37.5 Å². The third-order valence-corrected chi connectivity index (χ3v) is 3.56. The summed E-state index contributed by atoms with van der Waals surface area (Å²) in [5, 5.41) is 14.5. The Labute approximate surface area is 134 Å². The van der Waals surface area contributed by atoms with E-state index in [1.807, 2.05) is 0 Å². The van der Waals surface area contributed by atoms with Crippen molar-refractivity contribution in [2.24, 2.45) is 5.92 Å². The highest BCUT2D eigenvalue weighted by Gasteiger charge is 2.29. The van der Waals surface area contributed by atoms with Crippen LogP contribution in [0.2, 0.25) is 0 Å². The van der Waals surface area contributed by atoms with Crippen molar-refractivity contribution in [1.82, 2.24) is 5.32 Å². The van der Waals surface area contributed by atoms with E-state index in [2.05, 4.69) is 10.6 Å². The van der Waals surface area contributed by atoms with Crippen molar-refractivity contribution in [2.75, 3.05) is 19.0 Å². The summed E-state index contributed by atoms with van der Waals surface area (Å²) >= 11 is 0. The first kappa shape index (κ1) is 16.8. The summed E-state index contributed by atoms with van der Waals surface area (Å²) in [5.41, 5.74) is 0.199. The zero-order chi connectivity index (χ0) is 16.8. The predicted octanol–water partition coefficient (Wildman–Crippen LogP) is 1.64. The number of nitrogens with one attached hydrogen (secondary N) is 2. The van der Waals surface area contributed by atoms with Crippen molar-refractivity contribution in [3.05, 3.63) is 23.8 Å². The Morgan fingerprint density at radius 1 is 1.30 bits per heavy atom. The molecule has 0 saturated heterocycles. The van der Waals surface area contributed by atoms with E-state index in [4.69, 9.17) is 4.74 Å². The van der Waals surface area contributed by atoms with Gasteiger partial charge in [0.1, 0.15) is 5.75 Å². The largest absolute Gasteiger partial charge is 0.497 e. The molecule has 23 heavy (non-hydrogen) atoms. The molecule has 1 aromatic carbocycles. The Balaban J connectivity index is 1.82. The molecule has 7 nitrogen and oxygen atoms in total. The molecule has 2 amide bonds. The highest BCUT2D eigenvalue weighted by atomic mass is 16.5. The molecule has 0 aromatic heterocycles. The van der Waals surface area contributed by atoms with Gasteiger partial charge in [0.25, 0.3) is 0 Å². The number of methoxy groups -OCH3 is 1. The Kier molecular flexibility index (Phi) is 5.56. The molecule has 0 radical (unpaired) electrons. The van der Waals surface area contributed by atoms with Crippen LogP contribution in [0.25, 0.3) is 0 Å². The molecular formula is C16H20N2O5. The maximum Gasteiger partial charge on any atom is 0.337 e. The van der Waals surface area contributed by atoms with Gasteiger partial charge >= 0.3 is 5.97 Å². The van der Waals surface area contributed by atoms with E-state index in [1.54, 1.807) is 6.07 Å². The fourth-order valence-electron chi connectivity index (χ4n) is 2.10. The SMILES string of the molecule is COc1ccc(NC(=O)CCCNC(=O)C2CC2)c(C(=O)O)c1. The number of carboxylic acid groups (broad SMARTS) is 1. The number of carbonyl (C=O) groups is 3. The molecule has 124 valence electrons. The fraction of sp³-hybridized carbons (Fsp3) is 0.438. The minimum atomic E-state index is -1.14. The minimum Gasteiger partial charge on any atom is -0.497 e. The second kappa shape index (κ2) is 7.62. The minimum absolute atomic E-state index is 0.0280. The zero-order valence-electron chi connectivity index (χ0n) is 12.9. The van der Waals surface area contributed by atoms with Crippen LogP contribution in [-0.2, 0) is 9.59 Å². The molecule has 0 atom stereocenters. The van der Waals surface area contributed by atoms with Gasteiger partial charge in [-0.3, -0.25) is 9.59 Å². The average molecular weight is 320 g/mol. The molecule has 1 aliphatic rings. The summed E-state index contributed by atoms with van der Waals surface area (Å²) in [4.78, 5) is 34.5.